The zero-order valence-corrected chi connectivity index (χ0v) is 16.8. The van der Waals surface area contributed by atoms with Gasteiger partial charge in [-0.15, -0.1) is 0 Å². The van der Waals surface area contributed by atoms with Crippen molar-refractivity contribution in [2.75, 3.05) is 0 Å². The summed E-state index contributed by atoms with van der Waals surface area (Å²) >= 11 is 3.69. The molecule has 29 heavy (non-hydrogen) atoms. The van der Waals surface area contributed by atoms with E-state index in [4.69, 9.17) is 8.83 Å². The van der Waals surface area contributed by atoms with Gasteiger partial charge in [0, 0.05) is 15.6 Å². The Morgan fingerprint density at radius 2 is 1.00 bits per heavy atom. The Balaban J connectivity index is 1.52. The SMILES string of the molecule is Brc1c(-c2ncc(-c3ccccc3)o2)cccc1-c1ncc(-c2ccccc2)o1. The van der Waals surface area contributed by atoms with Gasteiger partial charge in [0.25, 0.3) is 0 Å². The molecule has 3 aromatic carbocycles. The standard InChI is InChI=1S/C24H15BrN2O2/c25-22-18(23-26-14-20(28-23)16-8-3-1-4-9-16)12-7-13-19(22)24-27-15-21(29-24)17-10-5-2-6-11-17/h1-15H. The molecule has 0 unspecified atom stereocenters. The van der Waals surface area contributed by atoms with Crippen LogP contribution in [-0.2, 0) is 0 Å². The lowest BCUT2D eigenvalue weighted by atomic mass is 10.1. The second-order valence-corrected chi connectivity index (χ2v) is 7.25. The molecule has 5 aromatic rings. The number of benzene rings is 3. The molecule has 140 valence electrons. The third-order valence-electron chi connectivity index (χ3n) is 4.59. The Bertz CT molecular complexity index is 1160. The molecule has 0 spiro atoms. The first-order valence-corrected chi connectivity index (χ1v) is 9.90. The van der Waals surface area contributed by atoms with Crippen LogP contribution in [0.1, 0.15) is 0 Å². The predicted molar refractivity (Wildman–Crippen MR) is 116 cm³/mol. The lowest BCUT2D eigenvalue weighted by Gasteiger charge is -2.05. The maximum atomic E-state index is 6.01. The molecule has 0 atom stereocenters. The summed E-state index contributed by atoms with van der Waals surface area (Å²) in [7, 11) is 0. The normalized spacial score (nSPS) is 10.9. The molecule has 0 saturated heterocycles. The van der Waals surface area contributed by atoms with Gasteiger partial charge in [0.2, 0.25) is 11.8 Å². The topological polar surface area (TPSA) is 52.1 Å². The molecule has 0 amide bonds. The van der Waals surface area contributed by atoms with Crippen LogP contribution in [0.5, 0.6) is 0 Å². The summed E-state index contributed by atoms with van der Waals surface area (Å²) < 4.78 is 12.8. The van der Waals surface area contributed by atoms with Crippen LogP contribution in [0.4, 0.5) is 0 Å². The number of aromatic nitrogens is 2. The van der Waals surface area contributed by atoms with Crippen molar-refractivity contribution in [3.05, 3.63) is 95.7 Å². The van der Waals surface area contributed by atoms with Gasteiger partial charge in [-0.3, -0.25) is 0 Å². The van der Waals surface area contributed by atoms with E-state index in [9.17, 15) is 0 Å². The number of rotatable bonds is 4. The van der Waals surface area contributed by atoms with Crippen molar-refractivity contribution in [1.82, 2.24) is 9.97 Å². The summed E-state index contributed by atoms with van der Waals surface area (Å²) in [6.07, 6.45) is 3.48. The highest BCUT2D eigenvalue weighted by Crippen LogP contribution is 2.38. The minimum Gasteiger partial charge on any atom is -0.436 e. The van der Waals surface area contributed by atoms with Gasteiger partial charge in [-0.2, -0.15) is 0 Å². The molecule has 2 heterocycles. The number of hydrogen-bond donors (Lipinski definition) is 0. The van der Waals surface area contributed by atoms with Gasteiger partial charge in [0.1, 0.15) is 0 Å². The van der Waals surface area contributed by atoms with Gasteiger partial charge in [-0.05, 0) is 28.1 Å². The van der Waals surface area contributed by atoms with E-state index in [1.54, 1.807) is 12.4 Å². The quantitative estimate of drug-likeness (QED) is 0.298. The number of nitrogens with zero attached hydrogens (tertiary/aromatic N) is 2. The summed E-state index contributed by atoms with van der Waals surface area (Å²) in [5.74, 6) is 2.51. The molecule has 0 N–H and O–H groups in total. The highest BCUT2D eigenvalue weighted by molar-refractivity contribution is 9.10. The van der Waals surface area contributed by atoms with Crippen LogP contribution in [-0.4, -0.2) is 9.97 Å². The van der Waals surface area contributed by atoms with Crippen LogP contribution in [0.25, 0.3) is 45.6 Å². The molecule has 2 aromatic heterocycles. The van der Waals surface area contributed by atoms with E-state index in [1.165, 1.54) is 0 Å². The molecule has 0 radical (unpaired) electrons. The highest BCUT2D eigenvalue weighted by Gasteiger charge is 2.17. The molecular formula is C24H15BrN2O2. The lowest BCUT2D eigenvalue weighted by molar-refractivity contribution is 0.586. The maximum absolute atomic E-state index is 6.01. The first kappa shape index (κ1) is 17.6. The first-order chi connectivity index (χ1) is 14.3. The molecule has 4 nitrogen and oxygen atoms in total. The second kappa shape index (κ2) is 7.53. The fourth-order valence-electron chi connectivity index (χ4n) is 3.13. The van der Waals surface area contributed by atoms with E-state index >= 15 is 0 Å². The average molecular weight is 443 g/mol. The monoisotopic (exact) mass is 442 g/mol. The number of oxazole rings is 2. The molecule has 5 rings (SSSR count). The maximum Gasteiger partial charge on any atom is 0.227 e. The van der Waals surface area contributed by atoms with Crippen molar-refractivity contribution in [3.63, 3.8) is 0 Å². The zero-order valence-electron chi connectivity index (χ0n) is 15.2. The highest BCUT2D eigenvalue weighted by atomic mass is 79.9. The largest absolute Gasteiger partial charge is 0.436 e. The van der Waals surface area contributed by atoms with Crippen LogP contribution >= 0.6 is 15.9 Å². The Morgan fingerprint density at radius 1 is 0.552 bits per heavy atom. The Labute approximate surface area is 176 Å². The van der Waals surface area contributed by atoms with Gasteiger partial charge >= 0.3 is 0 Å². The van der Waals surface area contributed by atoms with Crippen molar-refractivity contribution in [1.29, 1.82) is 0 Å². The first-order valence-electron chi connectivity index (χ1n) is 9.11. The summed E-state index contributed by atoms with van der Waals surface area (Å²) in [6.45, 7) is 0. The van der Waals surface area contributed by atoms with Crippen molar-refractivity contribution in [3.8, 4) is 45.6 Å². The van der Waals surface area contributed by atoms with Crippen LogP contribution in [0.15, 0.2) is 105 Å². The molecule has 5 heteroatoms. The van der Waals surface area contributed by atoms with Crippen LogP contribution in [0.3, 0.4) is 0 Å². The van der Waals surface area contributed by atoms with Crippen molar-refractivity contribution in [2.24, 2.45) is 0 Å². The average Bonchev–Trinajstić information content (AvgIpc) is 3.46. The minimum atomic E-state index is 0.535. The number of halogens is 1. The van der Waals surface area contributed by atoms with Gasteiger partial charge in [-0.1, -0.05) is 66.7 Å². The van der Waals surface area contributed by atoms with Crippen molar-refractivity contribution in [2.45, 2.75) is 0 Å². The summed E-state index contributed by atoms with van der Waals surface area (Å²) in [5.41, 5.74) is 3.64. The van der Waals surface area contributed by atoms with E-state index in [2.05, 4.69) is 25.9 Å². The second-order valence-electron chi connectivity index (χ2n) is 6.46. The summed E-state index contributed by atoms with van der Waals surface area (Å²) in [4.78, 5) is 8.93. The van der Waals surface area contributed by atoms with E-state index in [1.807, 2.05) is 78.9 Å². The van der Waals surface area contributed by atoms with Crippen LogP contribution in [0.2, 0.25) is 0 Å². The Kier molecular flexibility index (Phi) is 4.58. The molecule has 0 aliphatic carbocycles. The molecule has 0 aliphatic rings. The zero-order chi connectivity index (χ0) is 19.6. The van der Waals surface area contributed by atoms with E-state index in [0.29, 0.717) is 11.8 Å². The fourth-order valence-corrected chi connectivity index (χ4v) is 3.73. The van der Waals surface area contributed by atoms with E-state index < -0.39 is 0 Å². The molecular weight excluding hydrogens is 428 g/mol. The van der Waals surface area contributed by atoms with Crippen LogP contribution < -0.4 is 0 Å². The smallest absolute Gasteiger partial charge is 0.227 e. The molecule has 0 aliphatic heterocycles. The minimum absolute atomic E-state index is 0.535. The van der Waals surface area contributed by atoms with Gasteiger partial charge < -0.3 is 8.83 Å². The third kappa shape index (κ3) is 3.41. The number of hydrogen-bond acceptors (Lipinski definition) is 4. The molecule has 0 bridgehead atoms. The summed E-state index contributed by atoms with van der Waals surface area (Å²) in [6, 6.07) is 25.7. The molecule has 0 saturated carbocycles. The predicted octanol–water partition coefficient (Wildman–Crippen LogP) is 7.09. The van der Waals surface area contributed by atoms with E-state index in [0.717, 1.165) is 38.2 Å². The van der Waals surface area contributed by atoms with Crippen molar-refractivity contribution >= 4 is 15.9 Å². The van der Waals surface area contributed by atoms with Gasteiger partial charge in [0.15, 0.2) is 11.5 Å². The third-order valence-corrected chi connectivity index (χ3v) is 5.44. The Morgan fingerprint density at radius 3 is 1.45 bits per heavy atom. The fraction of sp³-hybridized carbons (Fsp3) is 0. The molecule has 0 fully saturated rings. The van der Waals surface area contributed by atoms with Crippen molar-refractivity contribution < 1.29 is 8.83 Å². The van der Waals surface area contributed by atoms with Gasteiger partial charge in [0.05, 0.1) is 23.5 Å². The lowest BCUT2D eigenvalue weighted by Crippen LogP contribution is -1.85. The van der Waals surface area contributed by atoms with E-state index in [-0.39, 0.29) is 0 Å². The van der Waals surface area contributed by atoms with Gasteiger partial charge in [-0.25, -0.2) is 9.97 Å². The summed E-state index contributed by atoms with van der Waals surface area (Å²) in [5, 5.41) is 0. The Hall–Kier alpha value is -3.44. The van der Waals surface area contributed by atoms with Crippen LogP contribution in [0, 0.1) is 0 Å².